The second-order valence-electron chi connectivity index (χ2n) is 5.87. The van der Waals surface area contributed by atoms with Gasteiger partial charge in [-0.25, -0.2) is 4.98 Å². The van der Waals surface area contributed by atoms with Crippen LogP contribution in [0.15, 0.2) is 90.3 Å². The van der Waals surface area contributed by atoms with Gasteiger partial charge in [-0.15, -0.1) is 0 Å². The van der Waals surface area contributed by atoms with E-state index in [0.29, 0.717) is 12.5 Å². The molecule has 0 bridgehead atoms. The van der Waals surface area contributed by atoms with Crippen LogP contribution in [0.4, 0.5) is 0 Å². The van der Waals surface area contributed by atoms with Crippen molar-refractivity contribution in [2.45, 2.75) is 6.61 Å². The maximum absolute atomic E-state index is 5.78. The average Bonchev–Trinajstić information content (AvgIpc) is 2.74. The second-order valence-corrected chi connectivity index (χ2v) is 5.87. The number of hydrogen-bond donors (Lipinski definition) is 0. The van der Waals surface area contributed by atoms with Gasteiger partial charge >= 0.3 is 0 Å². The number of benzene rings is 3. The van der Waals surface area contributed by atoms with Gasteiger partial charge in [0, 0.05) is 0 Å². The van der Waals surface area contributed by atoms with Crippen molar-refractivity contribution in [1.29, 1.82) is 0 Å². The molecular weight excluding hydrogens is 338 g/mol. The number of fused-ring (bicyclic) bond motifs is 1. The lowest BCUT2D eigenvalue weighted by atomic mass is 10.2. The highest BCUT2D eigenvalue weighted by atomic mass is 16.6. The number of hydrogen-bond acceptors (Lipinski definition) is 5. The third-order valence-electron chi connectivity index (χ3n) is 3.98. The molecule has 0 atom stereocenters. The summed E-state index contributed by atoms with van der Waals surface area (Å²) in [5, 5.41) is 4.85. The lowest BCUT2D eigenvalue weighted by molar-refractivity contribution is 0.306. The van der Waals surface area contributed by atoms with E-state index >= 15 is 0 Å². The molecule has 0 aliphatic heterocycles. The Kier molecular flexibility index (Phi) is 5.02. The van der Waals surface area contributed by atoms with Crippen LogP contribution in [0.3, 0.4) is 0 Å². The first-order valence-corrected chi connectivity index (χ1v) is 8.55. The van der Waals surface area contributed by atoms with Gasteiger partial charge < -0.3 is 9.57 Å². The minimum Gasteiger partial charge on any atom is -0.489 e. The Morgan fingerprint density at radius 3 is 2.44 bits per heavy atom. The number of aromatic nitrogens is 2. The second kappa shape index (κ2) is 8.10. The summed E-state index contributed by atoms with van der Waals surface area (Å²) in [6, 6.07) is 25.4. The molecule has 4 aromatic rings. The predicted octanol–water partition coefficient (Wildman–Crippen LogP) is 4.62. The Balaban J connectivity index is 1.38. The van der Waals surface area contributed by atoms with Crippen LogP contribution in [0.25, 0.3) is 10.9 Å². The summed E-state index contributed by atoms with van der Waals surface area (Å²) >= 11 is 0. The molecule has 0 radical (unpaired) electrons. The highest BCUT2D eigenvalue weighted by Crippen LogP contribution is 2.20. The Morgan fingerprint density at radius 1 is 0.815 bits per heavy atom. The molecule has 132 valence electrons. The minimum atomic E-state index is 0.430. The Labute approximate surface area is 156 Å². The van der Waals surface area contributed by atoms with Gasteiger partial charge in [-0.1, -0.05) is 47.6 Å². The van der Waals surface area contributed by atoms with E-state index in [1.165, 1.54) is 6.33 Å². The largest absolute Gasteiger partial charge is 0.489 e. The number of rotatable bonds is 6. The highest BCUT2D eigenvalue weighted by molar-refractivity contribution is 5.83. The molecule has 0 saturated heterocycles. The fraction of sp³-hybridized carbons (Fsp3) is 0.0455. The summed E-state index contributed by atoms with van der Waals surface area (Å²) in [6.07, 6.45) is 3.10. The van der Waals surface area contributed by atoms with E-state index in [1.54, 1.807) is 6.21 Å². The molecule has 27 heavy (non-hydrogen) atoms. The van der Waals surface area contributed by atoms with Crippen molar-refractivity contribution in [3.05, 3.63) is 96.3 Å². The lowest BCUT2D eigenvalue weighted by Crippen LogP contribution is -1.95. The van der Waals surface area contributed by atoms with E-state index in [2.05, 4.69) is 15.1 Å². The summed E-state index contributed by atoms with van der Waals surface area (Å²) in [7, 11) is 0. The maximum atomic E-state index is 5.78. The quantitative estimate of drug-likeness (QED) is 0.374. The molecule has 0 N–H and O–H groups in total. The van der Waals surface area contributed by atoms with E-state index in [9.17, 15) is 0 Å². The fourth-order valence-electron chi connectivity index (χ4n) is 2.58. The fourth-order valence-corrected chi connectivity index (χ4v) is 2.58. The van der Waals surface area contributed by atoms with Gasteiger partial charge in [-0.2, -0.15) is 4.98 Å². The average molecular weight is 355 g/mol. The van der Waals surface area contributed by atoms with Crippen LogP contribution in [-0.4, -0.2) is 16.2 Å². The van der Waals surface area contributed by atoms with Crippen molar-refractivity contribution in [1.82, 2.24) is 9.97 Å². The van der Waals surface area contributed by atoms with Crippen molar-refractivity contribution in [3.63, 3.8) is 0 Å². The highest BCUT2D eigenvalue weighted by Gasteiger charge is 2.03. The zero-order chi connectivity index (χ0) is 18.3. The van der Waals surface area contributed by atoms with Crippen LogP contribution >= 0.6 is 0 Å². The molecule has 0 amide bonds. The monoisotopic (exact) mass is 355 g/mol. The molecule has 5 nitrogen and oxygen atoms in total. The normalized spacial score (nSPS) is 11.0. The molecule has 3 aromatic carbocycles. The summed E-state index contributed by atoms with van der Waals surface area (Å²) in [5.74, 6) is 1.23. The summed E-state index contributed by atoms with van der Waals surface area (Å²) in [4.78, 5) is 13.8. The summed E-state index contributed by atoms with van der Waals surface area (Å²) in [5.41, 5.74) is 2.85. The molecule has 0 spiro atoms. The van der Waals surface area contributed by atoms with Crippen molar-refractivity contribution < 1.29 is 9.57 Å². The molecule has 4 rings (SSSR count). The standard InChI is InChI=1S/C22H17N3O2/c1-2-6-18(7-3-1)15-26-19-12-10-17(11-13-19)14-25-27-22-20-8-4-5-9-21(20)23-16-24-22/h1-14,16H,15H2. The summed E-state index contributed by atoms with van der Waals surface area (Å²) < 4.78 is 5.78. The first-order valence-electron chi connectivity index (χ1n) is 8.55. The number of ether oxygens (including phenoxy) is 1. The third kappa shape index (κ3) is 4.27. The van der Waals surface area contributed by atoms with E-state index in [0.717, 1.165) is 27.8 Å². The molecule has 0 saturated carbocycles. The number of nitrogens with zero attached hydrogens (tertiary/aromatic N) is 3. The molecule has 0 aliphatic carbocycles. The van der Waals surface area contributed by atoms with E-state index in [-0.39, 0.29) is 0 Å². The predicted molar refractivity (Wildman–Crippen MR) is 105 cm³/mol. The Bertz CT molecular complexity index is 1040. The van der Waals surface area contributed by atoms with Crippen molar-refractivity contribution >= 4 is 17.1 Å². The molecule has 0 fully saturated rings. The van der Waals surface area contributed by atoms with E-state index < -0.39 is 0 Å². The van der Waals surface area contributed by atoms with Gasteiger partial charge in [0.15, 0.2) is 0 Å². The van der Waals surface area contributed by atoms with Crippen LogP contribution in [0, 0.1) is 0 Å². The smallest absolute Gasteiger partial charge is 0.259 e. The molecule has 1 heterocycles. The lowest BCUT2D eigenvalue weighted by Gasteiger charge is -2.06. The molecule has 0 unspecified atom stereocenters. The van der Waals surface area contributed by atoms with Crippen LogP contribution in [0.2, 0.25) is 0 Å². The van der Waals surface area contributed by atoms with Crippen molar-refractivity contribution in [2.75, 3.05) is 0 Å². The Morgan fingerprint density at radius 2 is 1.59 bits per heavy atom. The van der Waals surface area contributed by atoms with E-state index in [4.69, 9.17) is 9.57 Å². The van der Waals surface area contributed by atoms with Crippen LogP contribution in [-0.2, 0) is 6.61 Å². The molecule has 5 heteroatoms. The van der Waals surface area contributed by atoms with Gasteiger partial charge in [0.25, 0.3) is 5.88 Å². The van der Waals surface area contributed by atoms with Crippen LogP contribution < -0.4 is 9.57 Å². The topological polar surface area (TPSA) is 56.6 Å². The van der Waals surface area contributed by atoms with Gasteiger partial charge in [-0.3, -0.25) is 0 Å². The number of para-hydroxylation sites is 1. The van der Waals surface area contributed by atoms with Crippen molar-refractivity contribution in [3.8, 4) is 11.6 Å². The van der Waals surface area contributed by atoms with Crippen molar-refractivity contribution in [2.24, 2.45) is 5.16 Å². The van der Waals surface area contributed by atoms with Gasteiger partial charge in [-0.05, 0) is 47.5 Å². The first-order chi connectivity index (χ1) is 13.4. The summed E-state index contributed by atoms with van der Waals surface area (Å²) in [6.45, 7) is 0.540. The zero-order valence-electron chi connectivity index (χ0n) is 14.5. The van der Waals surface area contributed by atoms with Crippen LogP contribution in [0.1, 0.15) is 11.1 Å². The molecular formula is C22H17N3O2. The molecule has 1 aromatic heterocycles. The zero-order valence-corrected chi connectivity index (χ0v) is 14.5. The van der Waals surface area contributed by atoms with E-state index in [1.807, 2.05) is 78.9 Å². The van der Waals surface area contributed by atoms with Gasteiger partial charge in [0.05, 0.1) is 17.1 Å². The maximum Gasteiger partial charge on any atom is 0.259 e. The third-order valence-corrected chi connectivity index (χ3v) is 3.98. The van der Waals surface area contributed by atoms with Gasteiger partial charge in [0.2, 0.25) is 0 Å². The first kappa shape index (κ1) is 16.7. The molecule has 0 aliphatic rings. The van der Waals surface area contributed by atoms with Crippen LogP contribution in [0.5, 0.6) is 11.6 Å². The Hall–Kier alpha value is -3.73. The van der Waals surface area contributed by atoms with Gasteiger partial charge in [0.1, 0.15) is 18.7 Å². The number of oxime groups is 1. The SMILES string of the molecule is C(=NOc1ncnc2ccccc12)c1ccc(OCc2ccccc2)cc1. The minimum absolute atomic E-state index is 0.430.